The van der Waals surface area contributed by atoms with Crippen molar-refractivity contribution in [2.45, 2.75) is 44.8 Å². The highest BCUT2D eigenvalue weighted by Gasteiger charge is 2.36. The summed E-state index contributed by atoms with van der Waals surface area (Å²) >= 11 is 0. The van der Waals surface area contributed by atoms with E-state index in [1.54, 1.807) is 24.5 Å². The van der Waals surface area contributed by atoms with Gasteiger partial charge in [-0.1, -0.05) is 30.3 Å². The van der Waals surface area contributed by atoms with Crippen LogP contribution in [0.15, 0.2) is 79.1 Å². The summed E-state index contributed by atoms with van der Waals surface area (Å²) in [4.78, 5) is 20.3. The molecule has 0 aliphatic heterocycles. The van der Waals surface area contributed by atoms with Crippen LogP contribution in [0.1, 0.15) is 52.6 Å². The van der Waals surface area contributed by atoms with Crippen LogP contribution in [0.25, 0.3) is 0 Å². The first-order chi connectivity index (χ1) is 18.2. The molecule has 0 radical (unpaired) electrons. The largest absolute Gasteiger partial charge is 0.573 e. The van der Waals surface area contributed by atoms with Gasteiger partial charge >= 0.3 is 6.36 Å². The molecule has 0 spiro atoms. The van der Waals surface area contributed by atoms with Gasteiger partial charge in [-0.2, -0.15) is 0 Å². The molecule has 196 valence electrons. The summed E-state index contributed by atoms with van der Waals surface area (Å²) in [6, 6.07) is 18.4. The van der Waals surface area contributed by atoms with E-state index < -0.39 is 12.0 Å². The standard InChI is InChI=1S/C29H25F3N2O4/c1-28(27-33-16-17-34-27,19-6-3-2-4-7-19)38-26-15-14-23-22(8-5-9-25(23)35)24(26)18-36-20-10-12-21(13-11-20)37-29(30,31)32/h2-4,6-7,10-17H,5,8-9,18H2,1H3,(H,33,34)/t28-/m0/s1. The van der Waals surface area contributed by atoms with Crippen LogP contribution in [0.2, 0.25) is 0 Å². The van der Waals surface area contributed by atoms with Gasteiger partial charge < -0.3 is 19.2 Å². The van der Waals surface area contributed by atoms with Crippen molar-refractivity contribution in [3.8, 4) is 17.2 Å². The Hall–Kier alpha value is -4.27. The maximum absolute atomic E-state index is 12.7. The van der Waals surface area contributed by atoms with E-state index >= 15 is 0 Å². The molecule has 6 nitrogen and oxygen atoms in total. The predicted octanol–water partition coefficient (Wildman–Crippen LogP) is 6.75. The van der Waals surface area contributed by atoms with Crippen LogP contribution in [0.5, 0.6) is 17.2 Å². The third-order valence-corrected chi connectivity index (χ3v) is 6.55. The third kappa shape index (κ3) is 5.37. The number of ether oxygens (including phenoxy) is 3. The monoisotopic (exact) mass is 522 g/mol. The van der Waals surface area contributed by atoms with Gasteiger partial charge in [-0.25, -0.2) is 4.98 Å². The maximum atomic E-state index is 12.7. The number of carbonyl (C=O) groups excluding carboxylic acids is 1. The number of hydrogen-bond acceptors (Lipinski definition) is 5. The zero-order valence-electron chi connectivity index (χ0n) is 20.5. The first kappa shape index (κ1) is 25.4. The summed E-state index contributed by atoms with van der Waals surface area (Å²) in [7, 11) is 0. The molecule has 0 bridgehead atoms. The Bertz CT molecular complexity index is 1400. The lowest BCUT2D eigenvalue weighted by molar-refractivity contribution is -0.274. The highest BCUT2D eigenvalue weighted by molar-refractivity contribution is 5.99. The number of rotatable bonds is 8. The fourth-order valence-corrected chi connectivity index (χ4v) is 4.67. The van der Waals surface area contributed by atoms with Crippen molar-refractivity contribution in [2.24, 2.45) is 0 Å². The topological polar surface area (TPSA) is 73.4 Å². The first-order valence-electron chi connectivity index (χ1n) is 12.1. The highest BCUT2D eigenvalue weighted by Crippen LogP contribution is 2.38. The van der Waals surface area contributed by atoms with Gasteiger partial charge in [-0.3, -0.25) is 4.79 Å². The number of nitrogens with one attached hydrogen (secondary N) is 1. The number of fused-ring (bicyclic) bond motifs is 1. The van der Waals surface area contributed by atoms with E-state index in [4.69, 9.17) is 9.47 Å². The minimum atomic E-state index is -4.77. The number of Topliss-reactive ketones (excluding diaryl/α,β-unsaturated/α-hetero) is 1. The number of H-pyrrole nitrogens is 1. The van der Waals surface area contributed by atoms with Crippen molar-refractivity contribution in [2.75, 3.05) is 0 Å². The average molecular weight is 523 g/mol. The molecule has 0 amide bonds. The molecule has 1 aromatic heterocycles. The third-order valence-electron chi connectivity index (χ3n) is 6.55. The van der Waals surface area contributed by atoms with Crippen LogP contribution in [0, 0.1) is 0 Å². The molecule has 1 aliphatic carbocycles. The van der Waals surface area contributed by atoms with Gasteiger partial charge in [0.25, 0.3) is 0 Å². The predicted molar refractivity (Wildman–Crippen MR) is 133 cm³/mol. The number of benzene rings is 3. The van der Waals surface area contributed by atoms with Gasteiger partial charge in [0.2, 0.25) is 0 Å². The molecule has 1 heterocycles. The van der Waals surface area contributed by atoms with Gasteiger partial charge in [-0.05, 0) is 61.7 Å². The smallest absolute Gasteiger partial charge is 0.489 e. The number of alkyl halides is 3. The molecule has 1 aliphatic rings. The SMILES string of the molecule is C[C@](Oc1ccc2c(c1COc1ccc(OC(F)(F)F)cc1)CCCC2=O)(c1ccccc1)c1ncc[nH]1. The summed E-state index contributed by atoms with van der Waals surface area (Å²) in [5, 5.41) is 0. The molecule has 1 atom stereocenters. The molecule has 38 heavy (non-hydrogen) atoms. The van der Waals surface area contributed by atoms with E-state index in [9.17, 15) is 18.0 Å². The van der Waals surface area contributed by atoms with Gasteiger partial charge in [0.1, 0.15) is 23.9 Å². The highest BCUT2D eigenvalue weighted by atomic mass is 19.4. The minimum absolute atomic E-state index is 0.0499. The first-order valence-corrected chi connectivity index (χ1v) is 12.1. The van der Waals surface area contributed by atoms with Crippen LogP contribution in [-0.2, 0) is 18.6 Å². The number of halogens is 3. The number of aromatic nitrogens is 2. The molecule has 0 unspecified atom stereocenters. The molecule has 4 aromatic rings. The van der Waals surface area contributed by atoms with E-state index in [2.05, 4.69) is 14.7 Å². The summed E-state index contributed by atoms with van der Waals surface area (Å²) in [6.45, 7) is 1.96. The quantitative estimate of drug-likeness (QED) is 0.277. The lowest BCUT2D eigenvalue weighted by Crippen LogP contribution is -2.33. The number of aromatic amines is 1. The summed E-state index contributed by atoms with van der Waals surface area (Å²) in [6.07, 6.45) is 0.465. The number of hydrogen-bond donors (Lipinski definition) is 1. The average Bonchev–Trinajstić information content (AvgIpc) is 3.45. The Labute approximate surface area is 217 Å². The molecule has 9 heteroatoms. The van der Waals surface area contributed by atoms with E-state index in [1.807, 2.05) is 37.3 Å². The van der Waals surface area contributed by atoms with Crippen molar-refractivity contribution < 1.29 is 32.2 Å². The second-order valence-corrected chi connectivity index (χ2v) is 9.09. The van der Waals surface area contributed by atoms with Crippen LogP contribution in [-0.4, -0.2) is 22.1 Å². The molecular formula is C29H25F3N2O4. The fraction of sp³-hybridized carbons (Fsp3) is 0.241. The Morgan fingerprint density at radius 2 is 1.66 bits per heavy atom. The van der Waals surface area contributed by atoms with E-state index in [1.165, 1.54) is 24.3 Å². The molecule has 1 N–H and O–H groups in total. The second-order valence-electron chi connectivity index (χ2n) is 9.09. The van der Waals surface area contributed by atoms with Crippen LogP contribution in [0.4, 0.5) is 13.2 Å². The van der Waals surface area contributed by atoms with Crippen LogP contribution >= 0.6 is 0 Å². The van der Waals surface area contributed by atoms with E-state index in [0.29, 0.717) is 47.7 Å². The number of nitrogens with zero attached hydrogens (tertiary/aromatic N) is 1. The molecule has 0 fully saturated rings. The summed E-state index contributed by atoms with van der Waals surface area (Å²) in [5.74, 6) is 1.20. The van der Waals surface area contributed by atoms with E-state index in [0.717, 1.165) is 11.1 Å². The maximum Gasteiger partial charge on any atom is 0.573 e. The van der Waals surface area contributed by atoms with Crippen molar-refractivity contribution in [1.82, 2.24) is 9.97 Å². The number of carbonyl (C=O) groups is 1. The van der Waals surface area contributed by atoms with E-state index in [-0.39, 0.29) is 18.1 Å². The Morgan fingerprint density at radius 3 is 2.34 bits per heavy atom. The molecule has 0 saturated carbocycles. The molecule has 5 rings (SSSR count). The Kier molecular flexibility index (Phi) is 6.84. The summed E-state index contributed by atoms with van der Waals surface area (Å²) in [5.41, 5.74) is 2.08. The van der Waals surface area contributed by atoms with Crippen molar-refractivity contribution in [3.05, 3.63) is 107 Å². The second kappa shape index (κ2) is 10.2. The molecule has 3 aromatic carbocycles. The van der Waals surface area contributed by atoms with Gasteiger partial charge in [0.15, 0.2) is 17.2 Å². The zero-order valence-corrected chi connectivity index (χ0v) is 20.5. The van der Waals surface area contributed by atoms with Crippen molar-refractivity contribution >= 4 is 5.78 Å². The summed E-state index contributed by atoms with van der Waals surface area (Å²) < 4.78 is 54.1. The van der Waals surface area contributed by atoms with Crippen molar-refractivity contribution in [3.63, 3.8) is 0 Å². The molecular weight excluding hydrogens is 497 g/mol. The zero-order chi connectivity index (χ0) is 26.8. The van der Waals surface area contributed by atoms with Gasteiger partial charge in [-0.15, -0.1) is 13.2 Å². The van der Waals surface area contributed by atoms with Gasteiger partial charge in [0, 0.05) is 35.5 Å². The molecule has 0 saturated heterocycles. The van der Waals surface area contributed by atoms with Crippen LogP contribution < -0.4 is 14.2 Å². The van der Waals surface area contributed by atoms with Crippen molar-refractivity contribution in [1.29, 1.82) is 0 Å². The minimum Gasteiger partial charge on any atom is -0.489 e. The fourth-order valence-electron chi connectivity index (χ4n) is 4.67. The van der Waals surface area contributed by atoms with Gasteiger partial charge in [0.05, 0.1) is 0 Å². The lowest BCUT2D eigenvalue weighted by Gasteiger charge is -2.32. The Morgan fingerprint density at radius 1 is 0.921 bits per heavy atom. The Balaban J connectivity index is 1.49. The number of imidazole rings is 1. The van der Waals surface area contributed by atoms with Crippen LogP contribution in [0.3, 0.4) is 0 Å². The lowest BCUT2D eigenvalue weighted by atomic mass is 9.86. The number of ketones is 1. The normalized spacial score (nSPS) is 14.9.